The molecule has 1 rings (SSSR count). The lowest BCUT2D eigenvalue weighted by molar-refractivity contribution is 0.156. The Balaban J connectivity index is 2.81. The van der Waals surface area contributed by atoms with Crippen molar-refractivity contribution in [1.29, 1.82) is 0 Å². The molecule has 0 fully saturated rings. The Labute approximate surface area is 88.9 Å². The zero-order valence-electron chi connectivity index (χ0n) is 9.00. The highest BCUT2D eigenvalue weighted by molar-refractivity contribution is 5.53. The summed E-state index contributed by atoms with van der Waals surface area (Å²) in [6, 6.07) is 7.56. The molecule has 0 radical (unpaired) electrons. The molecule has 1 N–H and O–H groups in total. The van der Waals surface area contributed by atoms with Crippen LogP contribution in [-0.2, 0) is 6.54 Å². The summed E-state index contributed by atoms with van der Waals surface area (Å²) in [4.78, 5) is 1.58. The summed E-state index contributed by atoms with van der Waals surface area (Å²) < 4.78 is 24.5. The van der Waals surface area contributed by atoms with E-state index >= 15 is 0 Å². The van der Waals surface area contributed by atoms with Gasteiger partial charge in [0.25, 0.3) is 6.43 Å². The second-order valence-corrected chi connectivity index (χ2v) is 3.43. The zero-order chi connectivity index (χ0) is 11.3. The predicted octanol–water partition coefficient (Wildman–Crippen LogP) is 2.11. The van der Waals surface area contributed by atoms with Crippen LogP contribution in [-0.4, -0.2) is 27.1 Å². The average molecular weight is 214 g/mol. The molecule has 1 aromatic rings. The summed E-state index contributed by atoms with van der Waals surface area (Å²) in [5.41, 5.74) is 1.88. The largest absolute Gasteiger partial charge is 0.369 e. The summed E-state index contributed by atoms with van der Waals surface area (Å²) >= 11 is 0. The van der Waals surface area contributed by atoms with Crippen LogP contribution in [0.15, 0.2) is 24.3 Å². The maximum absolute atomic E-state index is 12.2. The van der Waals surface area contributed by atoms with Crippen molar-refractivity contribution in [2.24, 2.45) is 0 Å². The zero-order valence-corrected chi connectivity index (χ0v) is 9.00. The first kappa shape index (κ1) is 11.9. The number of anilines is 1. The molecule has 0 amide bonds. The number of halogens is 2. The van der Waals surface area contributed by atoms with Crippen LogP contribution >= 0.6 is 0 Å². The van der Waals surface area contributed by atoms with Crippen LogP contribution in [0.2, 0.25) is 0 Å². The van der Waals surface area contributed by atoms with Gasteiger partial charge in [-0.15, -0.1) is 0 Å². The van der Waals surface area contributed by atoms with Crippen molar-refractivity contribution in [3.05, 3.63) is 29.8 Å². The van der Waals surface area contributed by atoms with E-state index in [-0.39, 0.29) is 6.54 Å². The minimum absolute atomic E-state index is 0.235. The number of para-hydroxylation sites is 1. The van der Waals surface area contributed by atoms with Gasteiger partial charge < -0.3 is 10.2 Å². The number of benzene rings is 1. The van der Waals surface area contributed by atoms with Gasteiger partial charge in [-0.3, -0.25) is 0 Å². The van der Waals surface area contributed by atoms with Crippen LogP contribution in [0.5, 0.6) is 0 Å². The second-order valence-electron chi connectivity index (χ2n) is 3.43. The second kappa shape index (κ2) is 5.66. The molecule has 0 aromatic heterocycles. The number of nitrogens with one attached hydrogen (secondary N) is 1. The number of rotatable bonds is 5. The fourth-order valence-corrected chi connectivity index (χ4v) is 1.53. The minimum Gasteiger partial charge on any atom is -0.369 e. The van der Waals surface area contributed by atoms with Gasteiger partial charge in [-0.25, -0.2) is 8.78 Å². The lowest BCUT2D eigenvalue weighted by Gasteiger charge is -2.21. The molecular weight excluding hydrogens is 198 g/mol. The van der Waals surface area contributed by atoms with Gasteiger partial charge in [0.15, 0.2) is 0 Å². The quantitative estimate of drug-likeness (QED) is 0.807. The third kappa shape index (κ3) is 3.47. The molecule has 15 heavy (non-hydrogen) atoms. The van der Waals surface area contributed by atoms with Gasteiger partial charge in [-0.05, 0) is 18.7 Å². The van der Waals surface area contributed by atoms with Crippen LogP contribution in [0.4, 0.5) is 14.5 Å². The maximum Gasteiger partial charge on any atom is 0.255 e. The van der Waals surface area contributed by atoms with Gasteiger partial charge in [0.2, 0.25) is 0 Å². The van der Waals surface area contributed by atoms with Gasteiger partial charge in [0, 0.05) is 19.3 Å². The topological polar surface area (TPSA) is 15.3 Å². The van der Waals surface area contributed by atoms with Crippen LogP contribution in [0.3, 0.4) is 0 Å². The molecule has 1 aromatic carbocycles. The molecule has 0 atom stereocenters. The molecule has 0 unspecified atom stereocenters. The van der Waals surface area contributed by atoms with Crippen LogP contribution < -0.4 is 10.2 Å². The molecule has 4 heteroatoms. The van der Waals surface area contributed by atoms with Crippen molar-refractivity contribution in [3.63, 3.8) is 0 Å². The van der Waals surface area contributed by atoms with Crippen molar-refractivity contribution in [2.75, 3.05) is 25.5 Å². The fraction of sp³-hybridized carbons (Fsp3) is 0.455. The van der Waals surface area contributed by atoms with E-state index in [1.165, 1.54) is 0 Å². The van der Waals surface area contributed by atoms with Crippen molar-refractivity contribution < 1.29 is 8.78 Å². The molecule has 0 heterocycles. The lowest BCUT2D eigenvalue weighted by Crippen LogP contribution is -2.25. The Bertz CT molecular complexity index is 302. The molecule has 0 aliphatic heterocycles. The first-order chi connectivity index (χ1) is 7.15. The number of hydrogen-bond acceptors (Lipinski definition) is 2. The van der Waals surface area contributed by atoms with Crippen LogP contribution in [0, 0.1) is 0 Å². The Morgan fingerprint density at radius 3 is 2.60 bits per heavy atom. The third-order valence-corrected chi connectivity index (χ3v) is 2.18. The van der Waals surface area contributed by atoms with Crippen molar-refractivity contribution in [2.45, 2.75) is 13.0 Å². The molecule has 0 aliphatic rings. The highest BCUT2D eigenvalue weighted by atomic mass is 19.3. The Morgan fingerprint density at radius 2 is 2.00 bits per heavy atom. The summed E-state index contributed by atoms with van der Waals surface area (Å²) in [6.45, 7) is 0.449. The lowest BCUT2D eigenvalue weighted by atomic mass is 10.1. The minimum atomic E-state index is -2.31. The normalized spacial score (nSPS) is 10.7. The van der Waals surface area contributed by atoms with Gasteiger partial charge in [-0.2, -0.15) is 0 Å². The molecule has 84 valence electrons. The molecule has 0 spiro atoms. The van der Waals surface area contributed by atoms with E-state index in [9.17, 15) is 8.78 Å². The van der Waals surface area contributed by atoms with E-state index in [0.29, 0.717) is 6.54 Å². The van der Waals surface area contributed by atoms with E-state index in [0.717, 1.165) is 11.3 Å². The highest BCUT2D eigenvalue weighted by Crippen LogP contribution is 2.19. The van der Waals surface area contributed by atoms with E-state index in [2.05, 4.69) is 5.32 Å². The number of hydrogen-bond donors (Lipinski definition) is 1. The van der Waals surface area contributed by atoms with Crippen molar-refractivity contribution in [3.8, 4) is 0 Å². The summed E-state index contributed by atoms with van der Waals surface area (Å²) in [5, 5.41) is 3.02. The number of alkyl halides is 2. The predicted molar refractivity (Wildman–Crippen MR) is 58.5 cm³/mol. The molecule has 0 aliphatic carbocycles. The first-order valence-corrected chi connectivity index (χ1v) is 4.87. The molecule has 0 bridgehead atoms. The van der Waals surface area contributed by atoms with Gasteiger partial charge >= 0.3 is 0 Å². The first-order valence-electron chi connectivity index (χ1n) is 4.87. The standard InChI is InChI=1S/C11H16F2N2/c1-14-7-9-5-3-4-6-10(9)15(2)8-11(12)13/h3-6,11,14H,7-8H2,1-2H3. The SMILES string of the molecule is CNCc1ccccc1N(C)CC(F)F. The van der Waals surface area contributed by atoms with Crippen molar-refractivity contribution in [1.82, 2.24) is 5.32 Å². The fourth-order valence-electron chi connectivity index (χ4n) is 1.53. The Hall–Kier alpha value is -1.16. The third-order valence-electron chi connectivity index (χ3n) is 2.18. The van der Waals surface area contributed by atoms with Crippen LogP contribution in [0.25, 0.3) is 0 Å². The van der Waals surface area contributed by atoms with E-state index in [4.69, 9.17) is 0 Å². The Morgan fingerprint density at radius 1 is 1.33 bits per heavy atom. The summed E-state index contributed by atoms with van der Waals surface area (Å²) in [5.74, 6) is 0. The number of nitrogens with zero attached hydrogens (tertiary/aromatic N) is 1. The van der Waals surface area contributed by atoms with E-state index in [1.807, 2.05) is 31.3 Å². The molecular formula is C11H16F2N2. The van der Waals surface area contributed by atoms with Gasteiger partial charge in [-0.1, -0.05) is 18.2 Å². The average Bonchev–Trinajstić information content (AvgIpc) is 2.18. The molecule has 0 saturated carbocycles. The monoisotopic (exact) mass is 214 g/mol. The smallest absolute Gasteiger partial charge is 0.255 e. The van der Waals surface area contributed by atoms with Gasteiger partial charge in [0.05, 0.1) is 6.54 Å². The maximum atomic E-state index is 12.2. The Kier molecular flexibility index (Phi) is 4.49. The molecule has 0 saturated heterocycles. The van der Waals surface area contributed by atoms with Crippen molar-refractivity contribution >= 4 is 5.69 Å². The molecule has 2 nitrogen and oxygen atoms in total. The summed E-state index contributed by atoms with van der Waals surface area (Å²) in [6.07, 6.45) is -2.31. The summed E-state index contributed by atoms with van der Waals surface area (Å²) in [7, 11) is 3.52. The van der Waals surface area contributed by atoms with E-state index < -0.39 is 6.43 Å². The highest BCUT2D eigenvalue weighted by Gasteiger charge is 2.11. The van der Waals surface area contributed by atoms with Crippen LogP contribution in [0.1, 0.15) is 5.56 Å². The van der Waals surface area contributed by atoms with Gasteiger partial charge in [0.1, 0.15) is 0 Å². The van der Waals surface area contributed by atoms with E-state index in [1.54, 1.807) is 11.9 Å².